The van der Waals surface area contributed by atoms with E-state index in [1.54, 1.807) is 67.8 Å². The van der Waals surface area contributed by atoms with Crippen LogP contribution in [0.3, 0.4) is 0 Å². The third kappa shape index (κ3) is 8.81. The predicted molar refractivity (Wildman–Crippen MR) is 138 cm³/mol. The lowest BCUT2D eigenvalue weighted by atomic mass is 10.1. The number of methoxy groups -OCH3 is 1. The second kappa shape index (κ2) is 13.4. The number of Topliss-reactive ketones (excluding diaryl/α,β-unsaturated/α-hetero) is 1. The summed E-state index contributed by atoms with van der Waals surface area (Å²) >= 11 is 0. The van der Waals surface area contributed by atoms with E-state index in [1.165, 1.54) is 6.92 Å². The number of nitrogens with one attached hydrogen (secondary N) is 2. The number of rotatable bonds is 12. The maximum absolute atomic E-state index is 12.2. The van der Waals surface area contributed by atoms with Gasteiger partial charge in [-0.05, 0) is 74.0 Å². The van der Waals surface area contributed by atoms with Crippen molar-refractivity contribution in [1.82, 2.24) is 0 Å². The van der Waals surface area contributed by atoms with Crippen LogP contribution < -0.4 is 20.1 Å². The summed E-state index contributed by atoms with van der Waals surface area (Å²) in [5, 5.41) is 5.34. The molecule has 192 valence electrons. The second-order valence-corrected chi connectivity index (χ2v) is 8.02. The number of hydrogen-bond donors (Lipinski definition) is 2. The quantitative estimate of drug-likeness (QED) is 0.264. The molecule has 0 bridgehead atoms. The molecule has 3 aromatic carbocycles. The van der Waals surface area contributed by atoms with Crippen LogP contribution in [0.2, 0.25) is 0 Å². The van der Waals surface area contributed by atoms with Crippen molar-refractivity contribution < 1.29 is 33.4 Å². The highest BCUT2D eigenvalue weighted by atomic mass is 16.5. The first-order valence-corrected chi connectivity index (χ1v) is 11.6. The number of esters is 1. The molecule has 3 aromatic rings. The molecule has 9 heteroatoms. The molecule has 0 saturated heterocycles. The van der Waals surface area contributed by atoms with Gasteiger partial charge in [0.25, 0.3) is 5.91 Å². The van der Waals surface area contributed by atoms with E-state index in [9.17, 15) is 19.2 Å². The molecular formula is C28H28N2O7. The van der Waals surface area contributed by atoms with Crippen LogP contribution >= 0.6 is 0 Å². The maximum Gasteiger partial charge on any atom is 0.306 e. The molecule has 0 aliphatic carbocycles. The number of carbonyl (C=O) groups excluding carboxylic acids is 4. The van der Waals surface area contributed by atoms with Gasteiger partial charge in [-0.25, -0.2) is 0 Å². The third-order valence-corrected chi connectivity index (χ3v) is 5.16. The first-order chi connectivity index (χ1) is 17.8. The highest BCUT2D eigenvalue weighted by Gasteiger charge is 2.11. The molecule has 0 aliphatic rings. The zero-order valence-electron chi connectivity index (χ0n) is 20.6. The summed E-state index contributed by atoms with van der Waals surface area (Å²) in [4.78, 5) is 47.3. The minimum absolute atomic E-state index is 0.000303. The van der Waals surface area contributed by atoms with Crippen LogP contribution in [-0.2, 0) is 19.1 Å². The molecule has 0 fully saturated rings. The Balaban J connectivity index is 1.34. The summed E-state index contributed by atoms with van der Waals surface area (Å²) < 4.78 is 16.0. The van der Waals surface area contributed by atoms with Crippen molar-refractivity contribution >= 4 is 34.9 Å². The highest BCUT2D eigenvalue weighted by Crippen LogP contribution is 2.31. The Hall–Kier alpha value is -4.66. The number of hydrogen-bond acceptors (Lipinski definition) is 7. The first kappa shape index (κ1) is 26.9. The molecule has 37 heavy (non-hydrogen) atoms. The molecule has 0 saturated carbocycles. The van der Waals surface area contributed by atoms with Crippen LogP contribution in [0.4, 0.5) is 11.4 Å². The van der Waals surface area contributed by atoms with Gasteiger partial charge in [-0.1, -0.05) is 12.1 Å². The Morgan fingerprint density at radius 3 is 1.95 bits per heavy atom. The van der Waals surface area contributed by atoms with E-state index in [2.05, 4.69) is 10.6 Å². The van der Waals surface area contributed by atoms with Crippen LogP contribution in [0, 0.1) is 0 Å². The molecule has 0 radical (unpaired) electrons. The van der Waals surface area contributed by atoms with Crippen molar-refractivity contribution in [2.75, 3.05) is 24.4 Å². The average Bonchev–Trinajstić information content (AvgIpc) is 2.89. The van der Waals surface area contributed by atoms with Gasteiger partial charge in [-0.3, -0.25) is 19.2 Å². The molecule has 9 nitrogen and oxygen atoms in total. The summed E-state index contributed by atoms with van der Waals surface area (Å²) in [5.74, 6) is 0.370. The number of ether oxygens (including phenoxy) is 3. The largest absolute Gasteiger partial charge is 0.493 e. The summed E-state index contributed by atoms with van der Waals surface area (Å²) in [7, 11) is 1.57. The smallest absolute Gasteiger partial charge is 0.306 e. The van der Waals surface area contributed by atoms with Gasteiger partial charge in [0.2, 0.25) is 5.91 Å². The van der Waals surface area contributed by atoms with Crippen LogP contribution in [0.15, 0.2) is 72.8 Å². The Morgan fingerprint density at radius 2 is 1.32 bits per heavy atom. The normalized spacial score (nSPS) is 10.2. The van der Waals surface area contributed by atoms with Gasteiger partial charge >= 0.3 is 5.97 Å². The minimum atomic E-state index is -0.576. The summed E-state index contributed by atoms with van der Waals surface area (Å²) in [6.45, 7) is 1.01. The Morgan fingerprint density at radius 1 is 0.730 bits per heavy atom. The van der Waals surface area contributed by atoms with Gasteiger partial charge in [-0.15, -0.1) is 0 Å². The fourth-order valence-electron chi connectivity index (χ4n) is 3.26. The number of anilines is 2. The van der Waals surface area contributed by atoms with Gasteiger partial charge < -0.3 is 24.8 Å². The molecular weight excluding hydrogens is 476 g/mol. The Bertz CT molecular complexity index is 1240. The highest BCUT2D eigenvalue weighted by molar-refractivity contribution is 5.96. The van der Waals surface area contributed by atoms with Crippen molar-refractivity contribution in [3.05, 3.63) is 78.4 Å². The lowest BCUT2D eigenvalue weighted by Crippen LogP contribution is -2.21. The van der Waals surface area contributed by atoms with Crippen molar-refractivity contribution in [1.29, 1.82) is 0 Å². The maximum atomic E-state index is 12.2. The van der Waals surface area contributed by atoms with Gasteiger partial charge in [-0.2, -0.15) is 0 Å². The predicted octanol–water partition coefficient (Wildman–Crippen LogP) is 4.98. The van der Waals surface area contributed by atoms with Crippen molar-refractivity contribution in [3.63, 3.8) is 0 Å². The Kier molecular flexibility index (Phi) is 9.78. The van der Waals surface area contributed by atoms with Crippen molar-refractivity contribution in [2.45, 2.75) is 26.2 Å². The SMILES string of the molecule is COc1ccccc1Oc1ccc(NC(=O)CCCC(=O)OCC(=O)Nc2ccc(C(C)=O)cc2)cc1. The lowest BCUT2D eigenvalue weighted by Gasteiger charge is -2.11. The number of amides is 2. The van der Waals surface area contributed by atoms with Gasteiger partial charge in [0.1, 0.15) is 5.75 Å². The van der Waals surface area contributed by atoms with E-state index in [-0.39, 0.29) is 31.0 Å². The molecule has 3 rings (SSSR count). The number of ketones is 1. The standard InChI is InChI=1S/C28H28N2O7/c1-19(31)20-10-12-21(13-11-20)30-27(33)18-36-28(34)9-5-8-26(32)29-22-14-16-23(17-15-22)37-25-7-4-3-6-24(25)35-2/h3-4,6-7,10-17H,5,8-9,18H2,1-2H3,(H,29,32)(H,30,33). The first-order valence-electron chi connectivity index (χ1n) is 11.6. The van der Waals surface area contributed by atoms with E-state index in [0.717, 1.165) is 0 Å². The zero-order chi connectivity index (χ0) is 26.6. The minimum Gasteiger partial charge on any atom is -0.493 e. The molecule has 2 amide bonds. The summed E-state index contributed by atoms with van der Waals surface area (Å²) in [6, 6.07) is 20.5. The van der Waals surface area contributed by atoms with Gasteiger partial charge in [0, 0.05) is 29.8 Å². The number of benzene rings is 3. The Labute approximate surface area is 214 Å². The lowest BCUT2D eigenvalue weighted by molar-refractivity contribution is -0.147. The third-order valence-electron chi connectivity index (χ3n) is 5.16. The zero-order valence-corrected chi connectivity index (χ0v) is 20.6. The molecule has 0 aromatic heterocycles. The fraction of sp³-hybridized carbons (Fsp3) is 0.214. The van der Waals surface area contributed by atoms with Crippen LogP contribution in [0.1, 0.15) is 36.5 Å². The second-order valence-electron chi connectivity index (χ2n) is 8.02. The van der Waals surface area contributed by atoms with Crippen LogP contribution in [0.25, 0.3) is 0 Å². The van der Waals surface area contributed by atoms with Crippen LogP contribution in [-0.4, -0.2) is 37.3 Å². The molecule has 0 atom stereocenters. The number of para-hydroxylation sites is 2. The fourth-order valence-corrected chi connectivity index (χ4v) is 3.26. The summed E-state index contributed by atoms with van der Waals surface area (Å²) in [6.07, 6.45) is 0.386. The monoisotopic (exact) mass is 504 g/mol. The topological polar surface area (TPSA) is 120 Å². The van der Waals surface area contributed by atoms with Gasteiger partial charge in [0.05, 0.1) is 7.11 Å². The molecule has 0 unspecified atom stereocenters. The molecule has 0 heterocycles. The van der Waals surface area contributed by atoms with E-state index in [1.807, 2.05) is 12.1 Å². The van der Waals surface area contributed by atoms with Crippen molar-refractivity contribution in [2.24, 2.45) is 0 Å². The van der Waals surface area contributed by atoms with E-state index >= 15 is 0 Å². The van der Waals surface area contributed by atoms with Gasteiger partial charge in [0.15, 0.2) is 23.9 Å². The summed E-state index contributed by atoms with van der Waals surface area (Å²) in [5.41, 5.74) is 1.61. The van der Waals surface area contributed by atoms with E-state index < -0.39 is 18.5 Å². The molecule has 2 N–H and O–H groups in total. The molecule has 0 spiro atoms. The average molecular weight is 505 g/mol. The van der Waals surface area contributed by atoms with Crippen LogP contribution in [0.5, 0.6) is 17.2 Å². The van der Waals surface area contributed by atoms with Crippen molar-refractivity contribution in [3.8, 4) is 17.2 Å². The van der Waals surface area contributed by atoms with E-state index in [0.29, 0.717) is 34.2 Å². The molecule has 0 aliphatic heterocycles. The number of carbonyl (C=O) groups is 4. The van der Waals surface area contributed by atoms with E-state index in [4.69, 9.17) is 14.2 Å².